The van der Waals surface area contributed by atoms with Crippen molar-refractivity contribution in [3.05, 3.63) is 22.4 Å². The summed E-state index contributed by atoms with van der Waals surface area (Å²) >= 11 is 2.81. The third-order valence-electron chi connectivity index (χ3n) is 2.97. The fourth-order valence-electron chi connectivity index (χ4n) is 2.11. The second kappa shape index (κ2) is 7.56. The molecule has 1 unspecified atom stereocenters. The Labute approximate surface area is 131 Å². The van der Waals surface area contributed by atoms with Gasteiger partial charge in [-0.1, -0.05) is 25.6 Å². The van der Waals surface area contributed by atoms with Crippen molar-refractivity contribution in [3.63, 3.8) is 0 Å². The summed E-state index contributed by atoms with van der Waals surface area (Å²) in [6, 6.07) is 0.0674. The average Bonchev–Trinajstić information content (AvgIpc) is 3.10. The van der Waals surface area contributed by atoms with Crippen LogP contribution in [-0.2, 0) is 11.2 Å². The fourth-order valence-corrected chi connectivity index (χ4v) is 3.64. The molecule has 2 aromatic rings. The first kappa shape index (κ1) is 16.0. The first-order valence-electron chi connectivity index (χ1n) is 6.85. The van der Waals surface area contributed by atoms with Crippen LogP contribution in [0.5, 0.6) is 0 Å². The third-order valence-corrected chi connectivity index (χ3v) is 4.77. The average molecular weight is 326 g/mol. The van der Waals surface area contributed by atoms with E-state index in [1.165, 1.54) is 11.8 Å². The summed E-state index contributed by atoms with van der Waals surface area (Å²) in [6.45, 7) is 4.18. The quantitative estimate of drug-likeness (QED) is 0.751. The molecule has 114 valence electrons. The van der Waals surface area contributed by atoms with E-state index in [-0.39, 0.29) is 11.8 Å². The molecule has 0 aliphatic heterocycles. The zero-order valence-corrected chi connectivity index (χ0v) is 13.7. The predicted molar refractivity (Wildman–Crippen MR) is 82.9 cm³/mol. The van der Waals surface area contributed by atoms with E-state index in [2.05, 4.69) is 33.6 Å². The highest BCUT2D eigenvalue weighted by molar-refractivity contribution is 7.99. The van der Waals surface area contributed by atoms with Gasteiger partial charge in [0.05, 0.1) is 11.8 Å². The third kappa shape index (κ3) is 3.82. The monoisotopic (exact) mass is 326 g/mol. The maximum Gasteiger partial charge on any atom is 0.313 e. The highest BCUT2D eigenvalue weighted by Gasteiger charge is 2.23. The van der Waals surface area contributed by atoms with E-state index in [0.717, 1.165) is 30.1 Å². The molecule has 0 aliphatic carbocycles. The number of aryl methyl sites for hydroxylation is 1. The van der Waals surface area contributed by atoms with Crippen molar-refractivity contribution in [3.8, 4) is 0 Å². The van der Waals surface area contributed by atoms with Crippen molar-refractivity contribution in [2.75, 3.05) is 5.75 Å². The minimum Gasteiger partial charge on any atom is -0.481 e. The van der Waals surface area contributed by atoms with Gasteiger partial charge in [-0.2, -0.15) is 0 Å². The Balaban J connectivity index is 2.36. The van der Waals surface area contributed by atoms with Crippen LogP contribution in [0.1, 0.15) is 43.6 Å². The number of aromatic nitrogens is 4. The Bertz CT molecular complexity index is 583. The van der Waals surface area contributed by atoms with Crippen LogP contribution in [0.25, 0.3) is 0 Å². The molecule has 0 amide bonds. The maximum absolute atomic E-state index is 10.8. The van der Waals surface area contributed by atoms with Gasteiger partial charge in [-0.25, -0.2) is 4.98 Å². The number of thiazole rings is 1. The first-order chi connectivity index (χ1) is 10.2. The lowest BCUT2D eigenvalue weighted by Gasteiger charge is -2.18. The van der Waals surface area contributed by atoms with Gasteiger partial charge in [0.15, 0.2) is 5.16 Å². The maximum atomic E-state index is 10.8. The number of thioether (sulfide) groups is 1. The summed E-state index contributed by atoms with van der Waals surface area (Å²) in [6.07, 6.45) is 4.44. The number of aliphatic carboxylic acids is 1. The van der Waals surface area contributed by atoms with E-state index in [1.807, 2.05) is 5.38 Å². The summed E-state index contributed by atoms with van der Waals surface area (Å²) in [5.41, 5.74) is 0. The summed E-state index contributed by atoms with van der Waals surface area (Å²) in [5, 5.41) is 20.9. The number of carboxylic acid groups (broad SMARTS) is 1. The molecule has 1 atom stereocenters. The van der Waals surface area contributed by atoms with Crippen LogP contribution in [0, 0.1) is 0 Å². The standard InChI is InChI=1S/C13H18N4O2S2/c1-3-5-10-15-16-13(21-8-11(18)19)17(10)9(4-2)12-14-6-7-20-12/h6-7,9H,3-5,8H2,1-2H3,(H,18,19). The molecule has 8 heteroatoms. The zero-order chi connectivity index (χ0) is 15.2. The topological polar surface area (TPSA) is 80.9 Å². The molecule has 0 aromatic carbocycles. The molecule has 1 N–H and O–H groups in total. The van der Waals surface area contributed by atoms with Crippen LogP contribution in [0.2, 0.25) is 0 Å². The van der Waals surface area contributed by atoms with Crippen molar-refractivity contribution < 1.29 is 9.90 Å². The lowest BCUT2D eigenvalue weighted by Crippen LogP contribution is -2.15. The number of rotatable bonds is 8. The molecule has 0 fully saturated rings. The van der Waals surface area contributed by atoms with E-state index in [0.29, 0.717) is 5.16 Å². The Morgan fingerprint density at radius 3 is 2.86 bits per heavy atom. The van der Waals surface area contributed by atoms with E-state index < -0.39 is 5.97 Å². The second-order valence-electron chi connectivity index (χ2n) is 4.50. The normalized spacial score (nSPS) is 12.5. The van der Waals surface area contributed by atoms with Crippen molar-refractivity contribution in [1.82, 2.24) is 19.7 Å². The molecule has 0 bridgehead atoms. The van der Waals surface area contributed by atoms with Gasteiger partial charge in [-0.15, -0.1) is 21.5 Å². The van der Waals surface area contributed by atoms with Gasteiger partial charge < -0.3 is 5.11 Å². The molecule has 2 rings (SSSR count). The lowest BCUT2D eigenvalue weighted by molar-refractivity contribution is -0.133. The van der Waals surface area contributed by atoms with Gasteiger partial charge in [-0.05, 0) is 12.8 Å². The van der Waals surface area contributed by atoms with Gasteiger partial charge in [0, 0.05) is 18.0 Å². The van der Waals surface area contributed by atoms with Gasteiger partial charge in [0.25, 0.3) is 0 Å². The molecule has 2 aromatic heterocycles. The number of hydrogen-bond donors (Lipinski definition) is 1. The SMILES string of the molecule is CCCc1nnc(SCC(=O)O)n1C(CC)c1nccs1. The predicted octanol–water partition coefficient (Wildman–Crippen LogP) is 2.86. The van der Waals surface area contributed by atoms with Gasteiger partial charge in [0.1, 0.15) is 10.8 Å². The molecular weight excluding hydrogens is 308 g/mol. The Morgan fingerprint density at radius 1 is 1.48 bits per heavy atom. The highest BCUT2D eigenvalue weighted by atomic mass is 32.2. The second-order valence-corrected chi connectivity index (χ2v) is 6.36. The molecule has 0 saturated heterocycles. The van der Waals surface area contributed by atoms with Gasteiger partial charge in [-0.3, -0.25) is 9.36 Å². The van der Waals surface area contributed by atoms with Crippen molar-refractivity contribution in [2.45, 2.75) is 44.3 Å². The van der Waals surface area contributed by atoms with Crippen molar-refractivity contribution in [1.29, 1.82) is 0 Å². The Hall–Kier alpha value is -1.41. The summed E-state index contributed by atoms with van der Waals surface area (Å²) in [7, 11) is 0. The van der Waals surface area contributed by atoms with E-state index in [9.17, 15) is 4.79 Å². The van der Waals surface area contributed by atoms with Gasteiger partial charge >= 0.3 is 5.97 Å². The smallest absolute Gasteiger partial charge is 0.313 e. The molecule has 6 nitrogen and oxygen atoms in total. The van der Waals surface area contributed by atoms with Crippen LogP contribution < -0.4 is 0 Å². The Kier molecular flexibility index (Phi) is 5.75. The first-order valence-corrected chi connectivity index (χ1v) is 8.71. The molecule has 0 saturated carbocycles. The zero-order valence-electron chi connectivity index (χ0n) is 12.0. The summed E-state index contributed by atoms with van der Waals surface area (Å²) < 4.78 is 2.05. The highest BCUT2D eigenvalue weighted by Crippen LogP contribution is 2.30. The summed E-state index contributed by atoms with van der Waals surface area (Å²) in [5.74, 6) is 0.0276. The van der Waals surface area contributed by atoms with Crippen LogP contribution in [0.3, 0.4) is 0 Å². The molecule has 2 heterocycles. The number of hydrogen-bond acceptors (Lipinski definition) is 6. The van der Waals surface area contributed by atoms with Gasteiger partial charge in [0.2, 0.25) is 0 Å². The van der Waals surface area contributed by atoms with E-state index >= 15 is 0 Å². The molecule has 0 spiro atoms. The Morgan fingerprint density at radius 2 is 2.29 bits per heavy atom. The van der Waals surface area contributed by atoms with Crippen LogP contribution in [0.4, 0.5) is 0 Å². The lowest BCUT2D eigenvalue weighted by atomic mass is 10.2. The van der Waals surface area contributed by atoms with Crippen molar-refractivity contribution in [2.24, 2.45) is 0 Å². The van der Waals surface area contributed by atoms with Crippen molar-refractivity contribution >= 4 is 29.1 Å². The minimum absolute atomic E-state index is 0.0153. The van der Waals surface area contributed by atoms with E-state index in [4.69, 9.17) is 5.11 Å². The largest absolute Gasteiger partial charge is 0.481 e. The fraction of sp³-hybridized carbons (Fsp3) is 0.538. The van der Waals surface area contributed by atoms with Crippen LogP contribution in [-0.4, -0.2) is 36.6 Å². The van der Waals surface area contributed by atoms with Crippen LogP contribution in [0.15, 0.2) is 16.7 Å². The number of nitrogens with zero attached hydrogens (tertiary/aromatic N) is 4. The molecule has 0 radical (unpaired) electrons. The number of carboxylic acids is 1. The molecular formula is C13H18N4O2S2. The summed E-state index contributed by atoms with van der Waals surface area (Å²) in [4.78, 5) is 15.2. The number of carbonyl (C=O) groups is 1. The molecule has 0 aliphatic rings. The van der Waals surface area contributed by atoms with E-state index in [1.54, 1.807) is 17.5 Å². The van der Waals surface area contributed by atoms with Crippen LogP contribution >= 0.6 is 23.1 Å². The minimum atomic E-state index is -0.853. The molecule has 21 heavy (non-hydrogen) atoms.